The summed E-state index contributed by atoms with van der Waals surface area (Å²) in [5.74, 6) is -0.945. The van der Waals surface area contributed by atoms with Gasteiger partial charge in [-0.1, -0.05) is 30.3 Å². The van der Waals surface area contributed by atoms with E-state index in [0.717, 1.165) is 5.56 Å². The van der Waals surface area contributed by atoms with E-state index in [0.29, 0.717) is 0 Å². The third-order valence-electron chi connectivity index (χ3n) is 3.10. The number of hydrogen-bond acceptors (Lipinski definition) is 3. The normalized spacial score (nSPS) is 11.1. The number of sulfone groups is 1. The number of carbonyl (C=O) groups excluding carboxylic acids is 1. The molecule has 1 N–H and O–H groups in total. The third kappa shape index (κ3) is 4.66. The minimum atomic E-state index is -3.45. The summed E-state index contributed by atoms with van der Waals surface area (Å²) in [5.41, 5.74) is 0.751. The van der Waals surface area contributed by atoms with Crippen LogP contribution in [-0.4, -0.2) is 20.1 Å². The summed E-state index contributed by atoms with van der Waals surface area (Å²) >= 11 is 0. The molecule has 116 valence electrons. The maximum Gasteiger partial charge on any atom is 0.221 e. The lowest BCUT2D eigenvalue weighted by Crippen LogP contribution is -2.25. The molecule has 0 aliphatic carbocycles. The second-order valence-corrected chi connectivity index (χ2v) is 6.89. The van der Waals surface area contributed by atoms with Gasteiger partial charge < -0.3 is 5.32 Å². The number of amides is 1. The fraction of sp³-hybridized carbons (Fsp3) is 0.188. The van der Waals surface area contributed by atoms with Crippen LogP contribution in [0.3, 0.4) is 0 Å². The Hall–Kier alpha value is -2.21. The molecule has 4 nitrogen and oxygen atoms in total. The Morgan fingerprint density at radius 3 is 2.27 bits per heavy atom. The van der Waals surface area contributed by atoms with Crippen molar-refractivity contribution >= 4 is 15.7 Å². The van der Waals surface area contributed by atoms with Crippen molar-refractivity contribution in [2.45, 2.75) is 17.9 Å². The highest BCUT2D eigenvalue weighted by Gasteiger charge is 2.15. The Balaban J connectivity index is 1.84. The molecule has 2 aromatic carbocycles. The minimum Gasteiger partial charge on any atom is -0.352 e. The molecule has 0 bridgehead atoms. The first-order valence-electron chi connectivity index (χ1n) is 6.76. The molecule has 0 radical (unpaired) electrons. The van der Waals surface area contributed by atoms with Crippen LogP contribution in [0.4, 0.5) is 4.39 Å². The average molecular weight is 321 g/mol. The molecular weight excluding hydrogens is 305 g/mol. The SMILES string of the molecule is O=C(CCS(=O)(=O)c1ccccc1)NCc1ccc(F)cc1. The molecule has 2 rings (SSSR count). The zero-order valence-corrected chi connectivity index (χ0v) is 12.6. The molecule has 0 aliphatic rings. The van der Waals surface area contributed by atoms with Crippen molar-refractivity contribution in [3.63, 3.8) is 0 Å². The minimum absolute atomic E-state index is 0.113. The molecule has 1 amide bonds. The smallest absolute Gasteiger partial charge is 0.221 e. The Kier molecular flexibility index (Phi) is 5.27. The first-order chi connectivity index (χ1) is 10.5. The molecule has 6 heteroatoms. The highest BCUT2D eigenvalue weighted by molar-refractivity contribution is 7.91. The number of benzene rings is 2. The molecule has 0 aliphatic heterocycles. The van der Waals surface area contributed by atoms with Crippen LogP contribution in [0.15, 0.2) is 59.5 Å². The molecular formula is C16H16FNO3S. The predicted octanol–water partition coefficient (Wildman–Crippen LogP) is 2.31. The zero-order chi connectivity index (χ0) is 16.0. The maximum absolute atomic E-state index is 12.7. The Labute approximate surface area is 128 Å². The quantitative estimate of drug-likeness (QED) is 0.888. The second kappa shape index (κ2) is 7.17. The van der Waals surface area contributed by atoms with Crippen LogP contribution < -0.4 is 5.32 Å². The van der Waals surface area contributed by atoms with Crippen LogP contribution in [0.5, 0.6) is 0 Å². The number of nitrogens with one attached hydrogen (secondary N) is 1. The molecule has 22 heavy (non-hydrogen) atoms. The van der Waals surface area contributed by atoms with E-state index in [9.17, 15) is 17.6 Å². The van der Waals surface area contributed by atoms with Gasteiger partial charge in [0.2, 0.25) is 5.91 Å². The van der Waals surface area contributed by atoms with Crippen molar-refractivity contribution in [3.8, 4) is 0 Å². The van der Waals surface area contributed by atoms with Gasteiger partial charge in [-0.3, -0.25) is 4.79 Å². The maximum atomic E-state index is 12.7. The zero-order valence-electron chi connectivity index (χ0n) is 11.8. The van der Waals surface area contributed by atoms with Gasteiger partial charge in [0.05, 0.1) is 10.6 Å². The second-order valence-electron chi connectivity index (χ2n) is 4.79. The number of hydrogen-bond donors (Lipinski definition) is 1. The van der Waals surface area contributed by atoms with E-state index in [1.165, 1.54) is 24.3 Å². The molecule has 0 unspecified atom stereocenters. The van der Waals surface area contributed by atoms with Crippen molar-refractivity contribution < 1.29 is 17.6 Å². The molecule has 0 fully saturated rings. The molecule has 0 saturated carbocycles. The number of carbonyl (C=O) groups is 1. The van der Waals surface area contributed by atoms with Crippen molar-refractivity contribution in [3.05, 3.63) is 66.0 Å². The first-order valence-corrected chi connectivity index (χ1v) is 8.41. The van der Waals surface area contributed by atoms with Gasteiger partial charge >= 0.3 is 0 Å². The van der Waals surface area contributed by atoms with Gasteiger partial charge in [0.1, 0.15) is 5.82 Å². The fourth-order valence-electron chi connectivity index (χ4n) is 1.86. The largest absolute Gasteiger partial charge is 0.352 e. The lowest BCUT2D eigenvalue weighted by Gasteiger charge is -2.06. The van der Waals surface area contributed by atoms with Crippen LogP contribution in [-0.2, 0) is 21.2 Å². The van der Waals surface area contributed by atoms with Gasteiger partial charge in [-0.2, -0.15) is 0 Å². The monoisotopic (exact) mass is 321 g/mol. The van der Waals surface area contributed by atoms with Crippen molar-refractivity contribution in [2.75, 3.05) is 5.75 Å². The standard InChI is InChI=1S/C16H16FNO3S/c17-14-8-6-13(7-9-14)12-18-16(19)10-11-22(20,21)15-4-2-1-3-5-15/h1-9H,10-12H2,(H,18,19). The average Bonchev–Trinajstić information content (AvgIpc) is 2.53. The summed E-state index contributed by atoms with van der Waals surface area (Å²) in [6.07, 6.45) is -0.113. The summed E-state index contributed by atoms with van der Waals surface area (Å²) < 4.78 is 36.8. The van der Waals surface area contributed by atoms with E-state index in [2.05, 4.69) is 5.32 Å². The summed E-state index contributed by atoms with van der Waals surface area (Å²) in [5, 5.41) is 2.62. The molecule has 0 saturated heterocycles. The Bertz CT molecular complexity index is 728. The summed E-state index contributed by atoms with van der Waals surface area (Å²) in [6.45, 7) is 0.241. The molecule has 0 spiro atoms. The fourth-order valence-corrected chi connectivity index (χ4v) is 3.13. The van der Waals surface area contributed by atoms with Gasteiger partial charge in [0.25, 0.3) is 0 Å². The first kappa shape index (κ1) is 16.2. The molecule has 0 heterocycles. The van der Waals surface area contributed by atoms with Gasteiger partial charge in [-0.15, -0.1) is 0 Å². The Morgan fingerprint density at radius 1 is 1.00 bits per heavy atom. The van der Waals surface area contributed by atoms with Gasteiger partial charge in [-0.05, 0) is 29.8 Å². The van der Waals surface area contributed by atoms with Crippen LogP contribution in [0.25, 0.3) is 0 Å². The van der Waals surface area contributed by atoms with Crippen LogP contribution in [0.1, 0.15) is 12.0 Å². The van der Waals surface area contributed by atoms with E-state index in [-0.39, 0.29) is 35.3 Å². The van der Waals surface area contributed by atoms with Crippen molar-refractivity contribution in [1.82, 2.24) is 5.32 Å². The Morgan fingerprint density at radius 2 is 1.64 bits per heavy atom. The summed E-state index contributed by atoms with van der Waals surface area (Å²) in [4.78, 5) is 11.9. The van der Waals surface area contributed by atoms with E-state index in [1.807, 2.05) is 0 Å². The topological polar surface area (TPSA) is 63.2 Å². The van der Waals surface area contributed by atoms with Crippen LogP contribution >= 0.6 is 0 Å². The van der Waals surface area contributed by atoms with E-state index < -0.39 is 9.84 Å². The summed E-state index contributed by atoms with van der Waals surface area (Å²) in [7, 11) is -3.45. The molecule has 0 aromatic heterocycles. The molecule has 0 atom stereocenters. The van der Waals surface area contributed by atoms with Gasteiger partial charge in [-0.25, -0.2) is 12.8 Å². The highest BCUT2D eigenvalue weighted by atomic mass is 32.2. The van der Waals surface area contributed by atoms with E-state index >= 15 is 0 Å². The van der Waals surface area contributed by atoms with Gasteiger partial charge in [0.15, 0.2) is 9.84 Å². The summed E-state index contributed by atoms with van der Waals surface area (Å²) in [6, 6.07) is 13.8. The van der Waals surface area contributed by atoms with E-state index in [1.54, 1.807) is 30.3 Å². The van der Waals surface area contributed by atoms with Crippen molar-refractivity contribution in [1.29, 1.82) is 0 Å². The lowest BCUT2D eigenvalue weighted by molar-refractivity contribution is -0.120. The van der Waals surface area contributed by atoms with Crippen molar-refractivity contribution in [2.24, 2.45) is 0 Å². The van der Waals surface area contributed by atoms with E-state index in [4.69, 9.17) is 0 Å². The predicted molar refractivity (Wildman–Crippen MR) is 81.4 cm³/mol. The third-order valence-corrected chi connectivity index (χ3v) is 4.84. The van der Waals surface area contributed by atoms with Crippen LogP contribution in [0, 0.1) is 5.82 Å². The van der Waals surface area contributed by atoms with Gasteiger partial charge in [0, 0.05) is 13.0 Å². The van der Waals surface area contributed by atoms with Crippen LogP contribution in [0.2, 0.25) is 0 Å². The number of halogens is 1. The lowest BCUT2D eigenvalue weighted by atomic mass is 10.2. The number of rotatable bonds is 6. The highest BCUT2D eigenvalue weighted by Crippen LogP contribution is 2.11. The molecule has 2 aromatic rings.